The maximum Gasteiger partial charge on any atom is 0.227 e. The highest BCUT2D eigenvalue weighted by molar-refractivity contribution is 7.65. The lowest BCUT2D eigenvalue weighted by molar-refractivity contribution is 0.0986. The molecule has 0 aliphatic carbocycles. The van der Waals surface area contributed by atoms with Crippen LogP contribution in [0, 0.1) is 6.92 Å². The van der Waals surface area contributed by atoms with Gasteiger partial charge >= 0.3 is 0 Å². The van der Waals surface area contributed by atoms with Crippen molar-refractivity contribution in [1.29, 1.82) is 0 Å². The zero-order valence-electron chi connectivity index (χ0n) is 15.5. The van der Waals surface area contributed by atoms with E-state index in [0.717, 1.165) is 11.3 Å². The van der Waals surface area contributed by atoms with Crippen LogP contribution in [0.4, 0.5) is 5.82 Å². The van der Waals surface area contributed by atoms with E-state index in [1.54, 1.807) is 18.5 Å². The third kappa shape index (κ3) is 3.25. The number of hydrogen-bond donors (Lipinski definition) is 2. The van der Waals surface area contributed by atoms with E-state index in [1.807, 2.05) is 13.0 Å². The van der Waals surface area contributed by atoms with Gasteiger partial charge in [-0.05, 0) is 31.5 Å². The first-order valence-corrected chi connectivity index (χ1v) is 10.9. The Kier molecular flexibility index (Phi) is 4.50. The van der Waals surface area contributed by atoms with Crippen molar-refractivity contribution >= 4 is 29.4 Å². The predicted octanol–water partition coefficient (Wildman–Crippen LogP) is 2.08. The predicted molar refractivity (Wildman–Crippen MR) is 105 cm³/mol. The second-order valence-electron chi connectivity index (χ2n) is 6.98. The quantitative estimate of drug-likeness (QED) is 0.663. The summed E-state index contributed by atoms with van der Waals surface area (Å²) in [4.78, 5) is 22.0. The lowest BCUT2D eigenvalue weighted by atomic mass is 10.1. The number of H-pyrrole nitrogens is 1. The summed E-state index contributed by atoms with van der Waals surface area (Å²) in [5.74, 6) is 0.664. The van der Waals surface area contributed by atoms with E-state index in [0.29, 0.717) is 47.5 Å². The van der Waals surface area contributed by atoms with E-state index in [1.165, 1.54) is 6.66 Å². The average molecular weight is 387 g/mol. The van der Waals surface area contributed by atoms with Crippen molar-refractivity contribution in [2.24, 2.45) is 0 Å². The van der Waals surface area contributed by atoms with E-state index >= 15 is 0 Å². The lowest BCUT2D eigenvalue weighted by Gasteiger charge is -2.35. The molecule has 0 bridgehead atoms. The Balaban J connectivity index is 2.04. The summed E-state index contributed by atoms with van der Waals surface area (Å²) in [6.45, 7) is 7.17. The van der Waals surface area contributed by atoms with Gasteiger partial charge in [0.2, 0.25) is 7.37 Å². The summed E-state index contributed by atoms with van der Waals surface area (Å²) in [5, 5.41) is 7.99. The summed E-state index contributed by atoms with van der Waals surface area (Å²) < 4.78 is 18.3. The molecular weight excluding hydrogens is 365 g/mol. The molecule has 8 nitrogen and oxygen atoms in total. The van der Waals surface area contributed by atoms with Gasteiger partial charge in [-0.3, -0.25) is 14.6 Å². The van der Waals surface area contributed by atoms with Gasteiger partial charge in [-0.2, -0.15) is 5.10 Å². The summed E-state index contributed by atoms with van der Waals surface area (Å²) in [6, 6.07) is 3.68. The number of morpholine rings is 1. The number of rotatable bonds is 3. The fourth-order valence-electron chi connectivity index (χ4n) is 3.49. The highest BCUT2D eigenvalue weighted by Gasteiger charge is 2.27. The Morgan fingerprint density at radius 2 is 2.26 bits per heavy atom. The second-order valence-corrected chi connectivity index (χ2v) is 9.22. The molecule has 27 heavy (non-hydrogen) atoms. The van der Waals surface area contributed by atoms with Crippen molar-refractivity contribution in [1.82, 2.24) is 20.2 Å². The molecule has 0 saturated carbocycles. The van der Waals surface area contributed by atoms with Crippen LogP contribution in [0.1, 0.15) is 12.5 Å². The number of nitrogens with one attached hydrogen (secondary N) is 1. The molecule has 2 N–H and O–H groups in total. The van der Waals surface area contributed by atoms with Crippen LogP contribution in [0.3, 0.4) is 0 Å². The van der Waals surface area contributed by atoms with Gasteiger partial charge in [0, 0.05) is 36.3 Å². The second kappa shape index (κ2) is 6.71. The molecular formula is C18H22N5O3P. The molecule has 4 rings (SSSR count). The average Bonchev–Trinajstić information content (AvgIpc) is 3.15. The van der Waals surface area contributed by atoms with Crippen LogP contribution in [-0.4, -0.2) is 57.5 Å². The van der Waals surface area contributed by atoms with Crippen molar-refractivity contribution < 1.29 is 14.2 Å². The minimum absolute atomic E-state index is 0.125. The van der Waals surface area contributed by atoms with Gasteiger partial charge in [0.1, 0.15) is 17.0 Å². The SMILES string of the molecule is Cc1cnc(-c2ccn[nH]2)c2nc(N3CCOC[C@H]3C)cc(P(C)(=O)O)c12. The maximum atomic E-state index is 12.7. The number of pyridine rings is 2. The Morgan fingerprint density at radius 3 is 2.93 bits per heavy atom. The molecule has 4 heterocycles. The van der Waals surface area contributed by atoms with E-state index in [-0.39, 0.29) is 6.04 Å². The summed E-state index contributed by atoms with van der Waals surface area (Å²) in [7, 11) is -3.54. The Bertz CT molecular complexity index is 1030. The van der Waals surface area contributed by atoms with Crippen LogP contribution in [0.25, 0.3) is 22.3 Å². The summed E-state index contributed by atoms with van der Waals surface area (Å²) in [5.41, 5.74) is 2.75. The van der Waals surface area contributed by atoms with Crippen LogP contribution in [0.2, 0.25) is 0 Å². The van der Waals surface area contributed by atoms with Gasteiger partial charge in [-0.1, -0.05) is 0 Å². The van der Waals surface area contributed by atoms with Gasteiger partial charge < -0.3 is 14.5 Å². The van der Waals surface area contributed by atoms with Crippen LogP contribution in [0.5, 0.6) is 0 Å². The van der Waals surface area contributed by atoms with E-state index < -0.39 is 7.37 Å². The molecule has 1 fully saturated rings. The molecule has 0 radical (unpaired) electrons. The number of nitrogens with zero attached hydrogens (tertiary/aromatic N) is 4. The normalized spacial score (nSPS) is 20.0. The molecule has 3 aromatic rings. The van der Waals surface area contributed by atoms with Gasteiger partial charge in [0.05, 0.1) is 24.9 Å². The van der Waals surface area contributed by atoms with Crippen LogP contribution < -0.4 is 10.2 Å². The minimum Gasteiger partial charge on any atom is -0.377 e. The van der Waals surface area contributed by atoms with Gasteiger partial charge in [-0.25, -0.2) is 4.98 Å². The van der Waals surface area contributed by atoms with E-state index in [4.69, 9.17) is 9.72 Å². The Morgan fingerprint density at radius 1 is 1.44 bits per heavy atom. The number of aromatic nitrogens is 4. The number of fused-ring (bicyclic) bond motifs is 1. The zero-order chi connectivity index (χ0) is 19.2. The topological polar surface area (TPSA) is 104 Å². The third-order valence-electron chi connectivity index (χ3n) is 4.86. The first-order chi connectivity index (χ1) is 12.9. The molecule has 2 atom stereocenters. The molecule has 0 spiro atoms. The largest absolute Gasteiger partial charge is 0.377 e. The molecule has 0 aromatic carbocycles. The monoisotopic (exact) mass is 387 g/mol. The number of hydrogen-bond acceptors (Lipinski definition) is 6. The van der Waals surface area contributed by atoms with Gasteiger partial charge in [0.15, 0.2) is 0 Å². The van der Waals surface area contributed by atoms with Crippen LogP contribution in [-0.2, 0) is 9.30 Å². The number of anilines is 1. The third-order valence-corrected chi connectivity index (χ3v) is 6.10. The Hall–Kier alpha value is -2.28. The van der Waals surface area contributed by atoms with Gasteiger partial charge in [-0.15, -0.1) is 0 Å². The first kappa shape index (κ1) is 18.1. The number of ether oxygens (including phenoxy) is 1. The molecule has 142 valence electrons. The van der Waals surface area contributed by atoms with Crippen LogP contribution in [0.15, 0.2) is 24.5 Å². The molecule has 3 aromatic heterocycles. The minimum atomic E-state index is -3.54. The smallest absolute Gasteiger partial charge is 0.227 e. The van der Waals surface area contributed by atoms with Crippen molar-refractivity contribution in [3.05, 3.63) is 30.1 Å². The van der Waals surface area contributed by atoms with Crippen molar-refractivity contribution in [2.45, 2.75) is 19.9 Å². The maximum absolute atomic E-state index is 12.7. The fourth-order valence-corrected chi connectivity index (χ4v) is 4.54. The molecule has 0 amide bonds. The van der Waals surface area contributed by atoms with Crippen molar-refractivity contribution in [3.8, 4) is 11.4 Å². The Labute approximate surface area is 157 Å². The van der Waals surface area contributed by atoms with Crippen LogP contribution >= 0.6 is 7.37 Å². The standard InChI is InChI=1S/C18H22N5O3P/c1-11-9-19-17(13-4-5-20-22-13)18-16(11)14(27(3,24)25)8-15(21-18)23-6-7-26-10-12(23)2/h4-5,8-9,12H,6-7,10H2,1-3H3,(H,20,22)(H,24,25)/t12-/m1/s1. The van der Waals surface area contributed by atoms with Crippen molar-refractivity contribution in [3.63, 3.8) is 0 Å². The summed E-state index contributed by atoms with van der Waals surface area (Å²) >= 11 is 0. The number of aryl methyl sites for hydroxylation is 1. The molecule has 1 aliphatic rings. The highest BCUT2D eigenvalue weighted by atomic mass is 31.2. The number of aromatic amines is 1. The molecule has 1 saturated heterocycles. The van der Waals surface area contributed by atoms with E-state index in [9.17, 15) is 9.46 Å². The van der Waals surface area contributed by atoms with Gasteiger partial charge in [0.25, 0.3) is 0 Å². The lowest BCUT2D eigenvalue weighted by Crippen LogP contribution is -2.44. The summed E-state index contributed by atoms with van der Waals surface area (Å²) in [6.07, 6.45) is 3.35. The molecule has 9 heteroatoms. The van der Waals surface area contributed by atoms with E-state index in [2.05, 4.69) is 27.0 Å². The van der Waals surface area contributed by atoms with Crippen molar-refractivity contribution in [2.75, 3.05) is 31.3 Å². The first-order valence-electron chi connectivity index (χ1n) is 8.81. The zero-order valence-corrected chi connectivity index (χ0v) is 16.4. The highest BCUT2D eigenvalue weighted by Crippen LogP contribution is 2.40. The molecule has 1 aliphatic heterocycles. The molecule has 1 unspecified atom stereocenters. The fraction of sp³-hybridized carbons (Fsp3) is 0.389.